The fourth-order valence-electron chi connectivity index (χ4n) is 1.79. The van der Waals surface area contributed by atoms with Gasteiger partial charge in [0.15, 0.2) is 6.29 Å². The maximum Gasteiger partial charge on any atom is 0.187 e. The van der Waals surface area contributed by atoms with Crippen molar-refractivity contribution in [3.63, 3.8) is 0 Å². The third kappa shape index (κ3) is 3.70. The first-order chi connectivity index (χ1) is 8.63. The van der Waals surface area contributed by atoms with E-state index in [1.165, 1.54) is 0 Å². The molecule has 0 saturated carbocycles. The molecule has 4 heteroatoms. The lowest BCUT2D eigenvalue weighted by atomic mass is 10.0. The van der Waals surface area contributed by atoms with Crippen LogP contribution in [0.1, 0.15) is 31.1 Å². The minimum Gasteiger partial charge on any atom is -0.496 e. The SMILES string of the molecule is CCOC(OCC)C(O)c1cc(C)ccc1OC. The van der Waals surface area contributed by atoms with Crippen LogP contribution in [0.5, 0.6) is 5.75 Å². The summed E-state index contributed by atoms with van der Waals surface area (Å²) in [5, 5.41) is 10.3. The number of benzene rings is 1. The molecule has 0 saturated heterocycles. The number of hydrogen-bond acceptors (Lipinski definition) is 4. The van der Waals surface area contributed by atoms with Crippen molar-refractivity contribution in [2.24, 2.45) is 0 Å². The molecule has 1 aromatic rings. The predicted octanol–water partition coefficient (Wildman–Crippen LogP) is 2.44. The first-order valence-electron chi connectivity index (χ1n) is 6.19. The molecule has 102 valence electrons. The van der Waals surface area contributed by atoms with Crippen molar-refractivity contribution in [1.82, 2.24) is 0 Å². The number of ether oxygens (including phenoxy) is 3. The highest BCUT2D eigenvalue weighted by Gasteiger charge is 2.24. The minimum absolute atomic E-state index is 0.482. The van der Waals surface area contributed by atoms with E-state index in [9.17, 15) is 5.11 Å². The number of hydrogen-bond donors (Lipinski definition) is 1. The Morgan fingerprint density at radius 3 is 2.28 bits per heavy atom. The molecule has 0 aliphatic carbocycles. The van der Waals surface area contributed by atoms with Gasteiger partial charge in [-0.15, -0.1) is 0 Å². The van der Waals surface area contributed by atoms with Crippen molar-refractivity contribution in [3.05, 3.63) is 29.3 Å². The fraction of sp³-hybridized carbons (Fsp3) is 0.571. The molecule has 1 N–H and O–H groups in total. The Morgan fingerprint density at radius 2 is 1.78 bits per heavy atom. The van der Waals surface area contributed by atoms with Crippen molar-refractivity contribution in [3.8, 4) is 5.75 Å². The van der Waals surface area contributed by atoms with E-state index in [1.807, 2.05) is 39.0 Å². The summed E-state index contributed by atoms with van der Waals surface area (Å²) < 4.78 is 16.1. The van der Waals surface area contributed by atoms with Gasteiger partial charge in [0.25, 0.3) is 0 Å². The van der Waals surface area contributed by atoms with Gasteiger partial charge >= 0.3 is 0 Å². The van der Waals surface area contributed by atoms with Crippen molar-refractivity contribution in [2.45, 2.75) is 33.2 Å². The number of aliphatic hydroxyl groups excluding tert-OH is 1. The van der Waals surface area contributed by atoms with E-state index in [4.69, 9.17) is 14.2 Å². The van der Waals surface area contributed by atoms with E-state index >= 15 is 0 Å². The zero-order valence-corrected chi connectivity index (χ0v) is 11.5. The Bertz CT molecular complexity index is 359. The lowest BCUT2D eigenvalue weighted by Gasteiger charge is -2.24. The van der Waals surface area contributed by atoms with Gasteiger partial charge in [-0.25, -0.2) is 0 Å². The average molecular weight is 254 g/mol. The maximum atomic E-state index is 10.3. The average Bonchev–Trinajstić information content (AvgIpc) is 2.37. The highest BCUT2D eigenvalue weighted by atomic mass is 16.7. The van der Waals surface area contributed by atoms with Crippen LogP contribution < -0.4 is 4.74 Å². The summed E-state index contributed by atoms with van der Waals surface area (Å²) >= 11 is 0. The van der Waals surface area contributed by atoms with Gasteiger partial charge in [0.1, 0.15) is 11.9 Å². The molecular weight excluding hydrogens is 232 g/mol. The first-order valence-corrected chi connectivity index (χ1v) is 6.19. The van der Waals surface area contributed by atoms with Crippen LogP contribution >= 0.6 is 0 Å². The van der Waals surface area contributed by atoms with Crippen LogP contribution in [0.25, 0.3) is 0 Å². The fourth-order valence-corrected chi connectivity index (χ4v) is 1.79. The van der Waals surface area contributed by atoms with Crippen LogP contribution in [0, 0.1) is 6.92 Å². The van der Waals surface area contributed by atoms with E-state index in [-0.39, 0.29) is 0 Å². The number of aliphatic hydroxyl groups is 1. The standard InChI is InChI=1S/C14H22O4/c1-5-17-14(18-6-2)13(15)11-9-10(3)7-8-12(11)16-4/h7-9,13-15H,5-6H2,1-4H3. The van der Waals surface area contributed by atoms with Gasteiger partial charge in [-0.2, -0.15) is 0 Å². The first kappa shape index (κ1) is 15.0. The highest BCUT2D eigenvalue weighted by Crippen LogP contribution is 2.29. The number of methoxy groups -OCH3 is 1. The molecule has 0 spiro atoms. The summed E-state index contributed by atoms with van der Waals surface area (Å²) in [5.74, 6) is 0.637. The van der Waals surface area contributed by atoms with Crippen LogP contribution in [-0.4, -0.2) is 31.7 Å². The lowest BCUT2D eigenvalue weighted by molar-refractivity contribution is -0.191. The molecule has 1 unspecified atom stereocenters. The van der Waals surface area contributed by atoms with Gasteiger partial charge in [-0.3, -0.25) is 0 Å². The van der Waals surface area contributed by atoms with Crippen molar-refractivity contribution < 1.29 is 19.3 Å². The third-order valence-electron chi connectivity index (χ3n) is 2.62. The van der Waals surface area contributed by atoms with Gasteiger partial charge < -0.3 is 19.3 Å². The van der Waals surface area contributed by atoms with E-state index in [0.29, 0.717) is 24.5 Å². The molecule has 0 fully saturated rings. The number of rotatable bonds is 7. The summed E-state index contributed by atoms with van der Waals surface area (Å²) in [4.78, 5) is 0. The second-order valence-corrected chi connectivity index (χ2v) is 3.97. The molecule has 1 atom stereocenters. The highest BCUT2D eigenvalue weighted by molar-refractivity contribution is 5.38. The summed E-state index contributed by atoms with van der Waals surface area (Å²) in [5.41, 5.74) is 1.74. The zero-order valence-electron chi connectivity index (χ0n) is 11.5. The van der Waals surface area contributed by atoms with E-state index in [0.717, 1.165) is 5.56 Å². The molecule has 1 aromatic carbocycles. The molecule has 1 rings (SSSR count). The Morgan fingerprint density at radius 1 is 1.17 bits per heavy atom. The molecule has 0 bridgehead atoms. The largest absolute Gasteiger partial charge is 0.496 e. The van der Waals surface area contributed by atoms with E-state index in [1.54, 1.807) is 7.11 Å². The molecule has 0 heterocycles. The van der Waals surface area contributed by atoms with Gasteiger partial charge in [-0.1, -0.05) is 11.6 Å². The van der Waals surface area contributed by atoms with Crippen LogP contribution in [-0.2, 0) is 9.47 Å². The third-order valence-corrected chi connectivity index (χ3v) is 2.62. The maximum absolute atomic E-state index is 10.3. The minimum atomic E-state index is -0.861. The second-order valence-electron chi connectivity index (χ2n) is 3.97. The van der Waals surface area contributed by atoms with Crippen molar-refractivity contribution in [2.75, 3.05) is 20.3 Å². The summed E-state index contributed by atoms with van der Waals surface area (Å²) in [6.45, 7) is 6.66. The van der Waals surface area contributed by atoms with Crippen LogP contribution in [0.3, 0.4) is 0 Å². The monoisotopic (exact) mass is 254 g/mol. The Kier molecular flexibility index (Phi) is 6.12. The predicted molar refractivity (Wildman–Crippen MR) is 69.7 cm³/mol. The van der Waals surface area contributed by atoms with Gasteiger partial charge in [0.2, 0.25) is 0 Å². The number of aryl methyl sites for hydroxylation is 1. The normalized spacial score (nSPS) is 12.8. The van der Waals surface area contributed by atoms with Crippen molar-refractivity contribution >= 4 is 0 Å². The van der Waals surface area contributed by atoms with Crippen LogP contribution in [0.4, 0.5) is 0 Å². The summed E-state index contributed by atoms with van der Waals surface area (Å²) in [6.07, 6.45) is -1.53. The Hall–Kier alpha value is -1.10. The Labute approximate surface area is 108 Å². The zero-order chi connectivity index (χ0) is 13.5. The Balaban J connectivity index is 2.98. The smallest absolute Gasteiger partial charge is 0.187 e. The topological polar surface area (TPSA) is 47.9 Å². The summed E-state index contributed by atoms with van der Waals surface area (Å²) in [7, 11) is 1.58. The van der Waals surface area contributed by atoms with E-state index in [2.05, 4.69) is 0 Å². The molecular formula is C14H22O4. The van der Waals surface area contributed by atoms with Gasteiger partial charge in [-0.05, 0) is 32.9 Å². The van der Waals surface area contributed by atoms with Crippen molar-refractivity contribution in [1.29, 1.82) is 0 Å². The molecule has 0 aliphatic heterocycles. The molecule has 0 aliphatic rings. The lowest BCUT2D eigenvalue weighted by Crippen LogP contribution is -2.26. The molecule has 0 aromatic heterocycles. The van der Waals surface area contributed by atoms with Crippen LogP contribution in [0.2, 0.25) is 0 Å². The summed E-state index contributed by atoms with van der Waals surface area (Å²) in [6, 6.07) is 5.66. The molecule has 4 nitrogen and oxygen atoms in total. The molecule has 0 radical (unpaired) electrons. The van der Waals surface area contributed by atoms with Gasteiger partial charge in [0.05, 0.1) is 7.11 Å². The van der Waals surface area contributed by atoms with Crippen LogP contribution in [0.15, 0.2) is 18.2 Å². The van der Waals surface area contributed by atoms with Gasteiger partial charge in [0, 0.05) is 18.8 Å². The van der Waals surface area contributed by atoms with E-state index < -0.39 is 12.4 Å². The molecule has 0 amide bonds. The second kappa shape index (κ2) is 7.36. The molecule has 18 heavy (non-hydrogen) atoms. The quantitative estimate of drug-likeness (QED) is 0.759.